The van der Waals surface area contributed by atoms with Crippen LogP contribution in [-0.4, -0.2) is 18.3 Å². The molecule has 0 spiro atoms. The second kappa shape index (κ2) is 5.37. The molecule has 0 aliphatic rings. The number of rotatable bonds is 4. The van der Waals surface area contributed by atoms with Gasteiger partial charge in [-0.25, -0.2) is 8.42 Å². The average Bonchev–Trinajstić information content (AvgIpc) is 2.43. The molecule has 0 fully saturated rings. The minimum Gasteiger partial charge on any atom is -0.398 e. The first kappa shape index (κ1) is 14.7. The summed E-state index contributed by atoms with van der Waals surface area (Å²) < 4.78 is 26.6. The zero-order valence-electron chi connectivity index (χ0n) is 11.0. The van der Waals surface area contributed by atoms with Gasteiger partial charge in [-0.3, -0.25) is 4.72 Å². The highest BCUT2D eigenvalue weighted by atomic mass is 32.2. The Bertz CT molecular complexity index is 787. The van der Waals surface area contributed by atoms with E-state index in [1.165, 1.54) is 6.07 Å². The average molecular weight is 308 g/mol. The lowest BCUT2D eigenvalue weighted by molar-refractivity contribution is -0.389. The van der Waals surface area contributed by atoms with E-state index in [-0.39, 0.29) is 4.90 Å². The van der Waals surface area contributed by atoms with E-state index in [2.05, 4.69) is 9.71 Å². The van der Waals surface area contributed by atoms with Crippen LogP contribution in [0, 0.1) is 17.0 Å². The second-order valence-electron chi connectivity index (χ2n) is 4.29. The third kappa shape index (κ3) is 3.26. The van der Waals surface area contributed by atoms with Crippen LogP contribution in [0.5, 0.6) is 0 Å². The van der Waals surface area contributed by atoms with Gasteiger partial charge in [-0.2, -0.15) is 0 Å². The summed E-state index contributed by atoms with van der Waals surface area (Å²) in [4.78, 5) is 13.1. The van der Waals surface area contributed by atoms with Gasteiger partial charge in [-0.1, -0.05) is 6.07 Å². The molecule has 9 heteroatoms. The van der Waals surface area contributed by atoms with Crippen LogP contribution in [0.2, 0.25) is 0 Å². The number of nitro groups is 1. The van der Waals surface area contributed by atoms with Crippen LogP contribution in [0.1, 0.15) is 5.56 Å². The molecular formula is C12H12N4O4S. The van der Waals surface area contributed by atoms with Crippen molar-refractivity contribution in [3.63, 3.8) is 0 Å². The van der Waals surface area contributed by atoms with Gasteiger partial charge in [-0.15, -0.1) is 0 Å². The van der Waals surface area contributed by atoms with Gasteiger partial charge in [0.15, 0.2) is 6.20 Å². The van der Waals surface area contributed by atoms with Gasteiger partial charge in [0.2, 0.25) is 0 Å². The number of hydrogen-bond acceptors (Lipinski definition) is 6. The Morgan fingerprint density at radius 1 is 1.29 bits per heavy atom. The van der Waals surface area contributed by atoms with E-state index >= 15 is 0 Å². The van der Waals surface area contributed by atoms with Crippen LogP contribution in [0.3, 0.4) is 0 Å². The SMILES string of the molecule is Cc1ccc(NS(=O)(=O)c2ccc([N+](=O)[O-])nc2)cc1N. The highest BCUT2D eigenvalue weighted by Crippen LogP contribution is 2.21. The third-order valence-corrected chi connectivity index (χ3v) is 4.12. The Morgan fingerprint density at radius 2 is 2.00 bits per heavy atom. The van der Waals surface area contributed by atoms with Crippen LogP contribution in [0.4, 0.5) is 17.2 Å². The molecule has 0 saturated heterocycles. The monoisotopic (exact) mass is 308 g/mol. The molecule has 21 heavy (non-hydrogen) atoms. The van der Waals surface area contributed by atoms with Crippen LogP contribution >= 0.6 is 0 Å². The molecular weight excluding hydrogens is 296 g/mol. The summed E-state index contributed by atoms with van der Waals surface area (Å²) in [7, 11) is -3.88. The van der Waals surface area contributed by atoms with Crippen molar-refractivity contribution in [2.45, 2.75) is 11.8 Å². The number of nitrogens with two attached hydrogens (primary N) is 1. The maximum atomic E-state index is 12.1. The summed E-state index contributed by atoms with van der Waals surface area (Å²) in [6.45, 7) is 1.80. The number of pyridine rings is 1. The van der Waals surface area contributed by atoms with Gasteiger partial charge in [0, 0.05) is 11.8 Å². The molecule has 0 atom stereocenters. The molecule has 110 valence electrons. The number of nitrogens with zero attached hydrogens (tertiary/aromatic N) is 2. The van der Waals surface area contributed by atoms with Gasteiger partial charge in [-0.05, 0) is 40.6 Å². The predicted molar refractivity (Wildman–Crippen MR) is 77.3 cm³/mol. The van der Waals surface area contributed by atoms with E-state index in [1.54, 1.807) is 19.1 Å². The maximum Gasteiger partial charge on any atom is 0.363 e. The number of aryl methyl sites for hydroxylation is 1. The highest BCUT2D eigenvalue weighted by molar-refractivity contribution is 7.92. The van der Waals surface area contributed by atoms with Crippen molar-refractivity contribution in [1.29, 1.82) is 0 Å². The first-order chi connectivity index (χ1) is 9.79. The van der Waals surface area contributed by atoms with Gasteiger partial charge < -0.3 is 15.8 Å². The summed E-state index contributed by atoms with van der Waals surface area (Å²) in [6, 6.07) is 6.89. The topological polar surface area (TPSA) is 128 Å². The fourth-order valence-electron chi connectivity index (χ4n) is 1.56. The zero-order valence-corrected chi connectivity index (χ0v) is 11.8. The molecule has 0 unspecified atom stereocenters. The summed E-state index contributed by atoms with van der Waals surface area (Å²) in [6.07, 6.45) is 0.929. The minimum atomic E-state index is -3.88. The van der Waals surface area contributed by atoms with Crippen molar-refractivity contribution >= 4 is 27.2 Å². The van der Waals surface area contributed by atoms with E-state index in [9.17, 15) is 18.5 Å². The Hall–Kier alpha value is -2.68. The van der Waals surface area contributed by atoms with E-state index in [0.29, 0.717) is 11.4 Å². The lowest BCUT2D eigenvalue weighted by Gasteiger charge is -2.08. The Kier molecular flexibility index (Phi) is 3.76. The molecule has 3 N–H and O–H groups in total. The van der Waals surface area contributed by atoms with Gasteiger partial charge in [0.25, 0.3) is 10.0 Å². The number of hydrogen-bond donors (Lipinski definition) is 2. The summed E-state index contributed by atoms with van der Waals surface area (Å²) >= 11 is 0. The fraction of sp³-hybridized carbons (Fsp3) is 0.0833. The molecule has 0 aliphatic heterocycles. The van der Waals surface area contributed by atoms with Crippen LogP contribution < -0.4 is 10.5 Å². The Morgan fingerprint density at radius 3 is 2.52 bits per heavy atom. The van der Waals surface area contributed by atoms with E-state index in [0.717, 1.165) is 23.9 Å². The molecule has 8 nitrogen and oxygen atoms in total. The molecule has 2 aromatic rings. The Balaban J connectivity index is 2.29. The molecule has 2 rings (SSSR count). The number of benzene rings is 1. The number of sulfonamides is 1. The zero-order chi connectivity index (χ0) is 15.6. The fourth-order valence-corrected chi connectivity index (χ4v) is 2.55. The molecule has 0 bridgehead atoms. The van der Waals surface area contributed by atoms with Crippen molar-refractivity contribution in [3.05, 3.63) is 52.2 Å². The van der Waals surface area contributed by atoms with Gasteiger partial charge in [0.05, 0.1) is 5.69 Å². The van der Waals surface area contributed by atoms with Gasteiger partial charge >= 0.3 is 5.82 Å². The van der Waals surface area contributed by atoms with E-state index < -0.39 is 20.8 Å². The van der Waals surface area contributed by atoms with Crippen LogP contribution in [0.25, 0.3) is 0 Å². The molecule has 0 aliphatic carbocycles. The van der Waals surface area contributed by atoms with E-state index in [4.69, 9.17) is 5.73 Å². The van der Waals surface area contributed by atoms with Crippen molar-refractivity contribution < 1.29 is 13.3 Å². The summed E-state index contributed by atoms with van der Waals surface area (Å²) in [5, 5.41) is 10.5. The first-order valence-electron chi connectivity index (χ1n) is 5.79. The normalized spacial score (nSPS) is 11.1. The van der Waals surface area contributed by atoms with Crippen LogP contribution in [0.15, 0.2) is 41.4 Å². The lowest BCUT2D eigenvalue weighted by Crippen LogP contribution is -2.13. The smallest absolute Gasteiger partial charge is 0.363 e. The second-order valence-corrected chi connectivity index (χ2v) is 5.97. The number of aromatic nitrogens is 1. The molecule has 1 aromatic carbocycles. The minimum absolute atomic E-state index is 0.174. The molecule has 0 saturated carbocycles. The van der Waals surface area contributed by atoms with Crippen molar-refractivity contribution in [2.75, 3.05) is 10.5 Å². The summed E-state index contributed by atoms with van der Waals surface area (Å²) in [5.41, 5.74) is 7.30. The Labute approximate surface area is 120 Å². The van der Waals surface area contributed by atoms with Gasteiger partial charge in [0.1, 0.15) is 4.90 Å². The third-order valence-electron chi connectivity index (χ3n) is 2.75. The standard InChI is InChI=1S/C12H12N4O4S/c1-8-2-3-9(6-11(8)13)15-21(19,20)10-4-5-12(14-7-10)16(17)18/h2-7,15H,13H2,1H3. The molecule has 0 radical (unpaired) electrons. The molecule has 0 amide bonds. The molecule has 1 heterocycles. The lowest BCUT2D eigenvalue weighted by atomic mass is 10.2. The number of anilines is 2. The summed E-state index contributed by atoms with van der Waals surface area (Å²) in [5.74, 6) is -0.423. The quantitative estimate of drug-likeness (QED) is 0.502. The molecule has 1 aromatic heterocycles. The van der Waals surface area contributed by atoms with Crippen molar-refractivity contribution in [2.24, 2.45) is 0 Å². The largest absolute Gasteiger partial charge is 0.398 e. The first-order valence-corrected chi connectivity index (χ1v) is 7.27. The van der Waals surface area contributed by atoms with E-state index in [1.807, 2.05) is 0 Å². The maximum absolute atomic E-state index is 12.1. The van der Waals surface area contributed by atoms with Crippen LogP contribution in [-0.2, 0) is 10.0 Å². The van der Waals surface area contributed by atoms with Crippen molar-refractivity contribution in [3.8, 4) is 0 Å². The predicted octanol–water partition coefficient (Wildman–Crippen LogP) is 1.68. The number of nitrogens with one attached hydrogen (secondary N) is 1. The van der Waals surface area contributed by atoms with Crippen molar-refractivity contribution in [1.82, 2.24) is 4.98 Å². The number of nitrogen functional groups attached to an aromatic ring is 1. The highest BCUT2D eigenvalue weighted by Gasteiger charge is 2.18.